The highest BCUT2D eigenvalue weighted by molar-refractivity contribution is 5.40. The summed E-state index contributed by atoms with van der Waals surface area (Å²) in [7, 11) is 4.01. The first-order chi connectivity index (χ1) is 14.5. The maximum absolute atomic E-state index is 11.1. The van der Waals surface area contributed by atoms with Crippen molar-refractivity contribution in [3.05, 3.63) is 72.4 Å². The Morgan fingerprint density at radius 1 is 1.13 bits per heavy atom. The van der Waals surface area contributed by atoms with E-state index in [9.17, 15) is 5.11 Å². The summed E-state index contributed by atoms with van der Waals surface area (Å²) in [5.41, 5.74) is 0.460. The minimum absolute atomic E-state index is 0.447. The number of anilines is 1. The van der Waals surface area contributed by atoms with Gasteiger partial charge in [-0.2, -0.15) is 0 Å². The van der Waals surface area contributed by atoms with Crippen LogP contribution in [0.3, 0.4) is 0 Å². The predicted octanol–water partition coefficient (Wildman–Crippen LogP) is 2.47. The molecule has 1 N–H and O–H groups in total. The fourth-order valence-corrected chi connectivity index (χ4v) is 3.97. The third-order valence-corrected chi connectivity index (χ3v) is 5.53. The van der Waals surface area contributed by atoms with Gasteiger partial charge in [-0.1, -0.05) is 18.2 Å². The lowest BCUT2D eigenvalue weighted by molar-refractivity contribution is 0.0279. The maximum Gasteiger partial charge on any atom is 0.146 e. The highest BCUT2D eigenvalue weighted by Crippen LogP contribution is 2.26. The van der Waals surface area contributed by atoms with Crippen LogP contribution in [0.4, 0.5) is 5.82 Å². The molecule has 1 aromatic carbocycles. The van der Waals surface area contributed by atoms with E-state index in [1.807, 2.05) is 55.2 Å². The first-order valence-electron chi connectivity index (χ1n) is 10.3. The number of aromatic nitrogens is 3. The minimum Gasteiger partial charge on any atom is -0.486 e. The topological polar surface area (TPSA) is 66.7 Å². The molecule has 2 aromatic heterocycles. The molecule has 0 radical (unpaired) electrons. The second-order valence-electron chi connectivity index (χ2n) is 8.14. The number of benzene rings is 1. The molecule has 7 nitrogen and oxygen atoms in total. The molecule has 0 spiro atoms. The van der Waals surface area contributed by atoms with Crippen molar-refractivity contribution in [2.45, 2.75) is 25.2 Å². The van der Waals surface area contributed by atoms with Crippen molar-refractivity contribution in [2.24, 2.45) is 7.05 Å². The van der Waals surface area contributed by atoms with Gasteiger partial charge in [0, 0.05) is 51.8 Å². The van der Waals surface area contributed by atoms with Crippen LogP contribution in [-0.2, 0) is 20.2 Å². The SMILES string of the molecule is CN(Cc1ccc(OCc2nccn2C)cc1)C[C@@]1(O)CCN(c2ccccn2)C1. The third kappa shape index (κ3) is 4.98. The normalized spacial score (nSPS) is 18.9. The molecule has 1 aliphatic heterocycles. The lowest BCUT2D eigenvalue weighted by atomic mass is 10.0. The first-order valence-corrected chi connectivity index (χ1v) is 10.3. The molecule has 1 aliphatic rings. The van der Waals surface area contributed by atoms with Gasteiger partial charge in [0.2, 0.25) is 0 Å². The van der Waals surface area contributed by atoms with Crippen molar-refractivity contribution in [3.8, 4) is 5.75 Å². The van der Waals surface area contributed by atoms with E-state index in [-0.39, 0.29) is 0 Å². The Morgan fingerprint density at radius 2 is 1.97 bits per heavy atom. The van der Waals surface area contributed by atoms with Crippen LogP contribution in [0.5, 0.6) is 5.75 Å². The second kappa shape index (κ2) is 8.85. The van der Waals surface area contributed by atoms with Crippen LogP contribution in [0.2, 0.25) is 0 Å². The number of aryl methyl sites for hydroxylation is 1. The fraction of sp³-hybridized carbons (Fsp3) is 0.391. The molecule has 1 saturated heterocycles. The summed E-state index contributed by atoms with van der Waals surface area (Å²) >= 11 is 0. The smallest absolute Gasteiger partial charge is 0.146 e. The average molecular weight is 408 g/mol. The summed E-state index contributed by atoms with van der Waals surface area (Å²) in [4.78, 5) is 13.0. The summed E-state index contributed by atoms with van der Waals surface area (Å²) in [6.07, 6.45) is 6.22. The van der Waals surface area contributed by atoms with E-state index in [2.05, 4.69) is 31.9 Å². The van der Waals surface area contributed by atoms with Crippen molar-refractivity contribution in [1.29, 1.82) is 0 Å². The molecular weight excluding hydrogens is 378 g/mol. The largest absolute Gasteiger partial charge is 0.486 e. The van der Waals surface area contributed by atoms with E-state index in [0.29, 0.717) is 19.7 Å². The summed E-state index contributed by atoms with van der Waals surface area (Å²) in [6, 6.07) is 14.0. The highest BCUT2D eigenvalue weighted by atomic mass is 16.5. The zero-order valence-electron chi connectivity index (χ0n) is 17.6. The summed E-state index contributed by atoms with van der Waals surface area (Å²) in [5.74, 6) is 2.64. The van der Waals surface area contributed by atoms with Crippen molar-refractivity contribution in [2.75, 3.05) is 31.6 Å². The van der Waals surface area contributed by atoms with Gasteiger partial charge < -0.3 is 19.3 Å². The number of ether oxygens (including phenoxy) is 1. The van der Waals surface area contributed by atoms with Crippen molar-refractivity contribution < 1.29 is 9.84 Å². The molecule has 0 aliphatic carbocycles. The van der Waals surface area contributed by atoms with Crippen LogP contribution in [0.1, 0.15) is 17.8 Å². The van der Waals surface area contributed by atoms with Crippen LogP contribution >= 0.6 is 0 Å². The lowest BCUT2D eigenvalue weighted by Crippen LogP contribution is -2.43. The quantitative estimate of drug-likeness (QED) is 0.619. The van der Waals surface area contributed by atoms with Gasteiger partial charge in [-0.15, -0.1) is 0 Å². The van der Waals surface area contributed by atoms with Gasteiger partial charge in [0.05, 0.1) is 5.60 Å². The number of imidazole rings is 1. The Kier molecular flexibility index (Phi) is 6.01. The van der Waals surface area contributed by atoms with Crippen LogP contribution < -0.4 is 9.64 Å². The number of likely N-dealkylation sites (N-methyl/N-ethyl adjacent to an activating group) is 1. The van der Waals surface area contributed by atoms with Gasteiger partial charge in [0.1, 0.15) is 24.0 Å². The van der Waals surface area contributed by atoms with E-state index >= 15 is 0 Å². The summed E-state index contributed by atoms with van der Waals surface area (Å²) in [5, 5.41) is 11.1. The van der Waals surface area contributed by atoms with Crippen molar-refractivity contribution >= 4 is 5.82 Å². The number of β-amino-alcohol motifs (C(OH)–C–C–N with tert-alkyl or cyclic N) is 1. The molecule has 3 aromatic rings. The van der Waals surface area contributed by atoms with Gasteiger partial charge in [-0.25, -0.2) is 9.97 Å². The highest BCUT2D eigenvalue weighted by Gasteiger charge is 2.37. The molecule has 0 saturated carbocycles. The Hall–Kier alpha value is -2.90. The van der Waals surface area contributed by atoms with Crippen molar-refractivity contribution in [1.82, 2.24) is 19.4 Å². The standard InChI is InChI=1S/C23H29N5O2/c1-26(17-23(29)10-13-28(18-23)21-5-3-4-11-24-21)15-19-6-8-20(9-7-19)30-16-22-25-12-14-27(22)2/h3-9,11-12,14,29H,10,13,15-18H2,1-2H3/t23-/m0/s1. The van der Waals surface area contributed by atoms with Gasteiger partial charge >= 0.3 is 0 Å². The molecule has 1 fully saturated rings. The van der Waals surface area contributed by atoms with E-state index in [1.165, 1.54) is 5.56 Å². The summed E-state index contributed by atoms with van der Waals surface area (Å²) < 4.78 is 7.77. The monoisotopic (exact) mass is 407 g/mol. The van der Waals surface area contributed by atoms with E-state index < -0.39 is 5.60 Å². The predicted molar refractivity (Wildman–Crippen MR) is 116 cm³/mol. The van der Waals surface area contributed by atoms with Crippen LogP contribution in [-0.4, -0.2) is 56.8 Å². The van der Waals surface area contributed by atoms with E-state index in [0.717, 1.165) is 36.9 Å². The van der Waals surface area contributed by atoms with E-state index in [1.54, 1.807) is 12.4 Å². The third-order valence-electron chi connectivity index (χ3n) is 5.53. The molecule has 30 heavy (non-hydrogen) atoms. The molecule has 158 valence electrons. The minimum atomic E-state index is -0.725. The van der Waals surface area contributed by atoms with Gasteiger partial charge in [0.25, 0.3) is 0 Å². The Labute approximate surface area is 177 Å². The zero-order chi connectivity index (χ0) is 21.0. The average Bonchev–Trinajstić information content (AvgIpc) is 3.33. The molecule has 1 atom stereocenters. The first kappa shape index (κ1) is 20.4. The van der Waals surface area contributed by atoms with Crippen LogP contribution in [0.15, 0.2) is 61.1 Å². The van der Waals surface area contributed by atoms with Crippen LogP contribution in [0.25, 0.3) is 0 Å². The lowest BCUT2D eigenvalue weighted by Gasteiger charge is -2.29. The summed E-state index contributed by atoms with van der Waals surface area (Å²) in [6.45, 7) is 3.26. The molecule has 0 bridgehead atoms. The molecule has 7 heteroatoms. The Morgan fingerprint density at radius 3 is 2.67 bits per heavy atom. The zero-order valence-corrected chi connectivity index (χ0v) is 17.6. The van der Waals surface area contributed by atoms with E-state index in [4.69, 9.17) is 4.74 Å². The number of hydrogen-bond donors (Lipinski definition) is 1. The number of nitrogens with zero attached hydrogens (tertiary/aromatic N) is 5. The Balaban J connectivity index is 1.27. The molecule has 0 unspecified atom stereocenters. The van der Waals surface area contributed by atoms with Crippen molar-refractivity contribution in [3.63, 3.8) is 0 Å². The van der Waals surface area contributed by atoms with Crippen LogP contribution in [0, 0.1) is 0 Å². The fourth-order valence-electron chi connectivity index (χ4n) is 3.97. The second-order valence-corrected chi connectivity index (χ2v) is 8.14. The molecular formula is C23H29N5O2. The molecule has 0 amide bonds. The van der Waals surface area contributed by atoms with Gasteiger partial charge in [-0.05, 0) is 43.3 Å². The molecule has 3 heterocycles. The number of hydrogen-bond acceptors (Lipinski definition) is 6. The van der Waals surface area contributed by atoms with Gasteiger partial charge in [-0.3, -0.25) is 4.90 Å². The number of rotatable bonds is 8. The van der Waals surface area contributed by atoms with Gasteiger partial charge in [0.15, 0.2) is 0 Å². The maximum atomic E-state index is 11.1. The number of pyridine rings is 1. The Bertz CT molecular complexity index is 944. The number of aliphatic hydroxyl groups is 1. The molecule has 4 rings (SSSR count).